The molecule has 114 valence electrons. The lowest BCUT2D eigenvalue weighted by Crippen LogP contribution is -2.28. The summed E-state index contributed by atoms with van der Waals surface area (Å²) in [4.78, 5) is 6.20. The highest BCUT2D eigenvalue weighted by Gasteiger charge is 2.23. The normalized spacial score (nSPS) is 13.1. The number of hydrogen-bond donors (Lipinski definition) is 3. The molecule has 0 spiro atoms. The predicted octanol–water partition coefficient (Wildman–Crippen LogP) is 2.09. The molecular formula is C13H18N4O2S2. The molecule has 1 atom stereocenters. The maximum Gasteiger partial charge on any atom is 0.244 e. The van der Waals surface area contributed by atoms with Crippen LogP contribution in [0.15, 0.2) is 29.3 Å². The van der Waals surface area contributed by atoms with Gasteiger partial charge in [-0.1, -0.05) is 0 Å². The second-order valence-electron chi connectivity index (χ2n) is 4.71. The Morgan fingerprint density at radius 2 is 2.10 bits per heavy atom. The van der Waals surface area contributed by atoms with Gasteiger partial charge in [0, 0.05) is 22.0 Å². The van der Waals surface area contributed by atoms with Crippen LogP contribution in [0, 0.1) is 13.8 Å². The van der Waals surface area contributed by atoms with Crippen LogP contribution in [0.4, 0.5) is 5.82 Å². The molecule has 2 aromatic rings. The maximum absolute atomic E-state index is 12.5. The third-order valence-electron chi connectivity index (χ3n) is 3.07. The predicted molar refractivity (Wildman–Crippen MR) is 84.6 cm³/mol. The van der Waals surface area contributed by atoms with Gasteiger partial charge in [0.05, 0.1) is 0 Å². The van der Waals surface area contributed by atoms with Crippen LogP contribution in [0.5, 0.6) is 0 Å². The molecule has 8 heteroatoms. The number of hydrogen-bond acceptors (Lipinski definition) is 6. The lowest BCUT2D eigenvalue weighted by atomic mass is 10.1. The van der Waals surface area contributed by atoms with E-state index in [1.165, 1.54) is 12.3 Å². The van der Waals surface area contributed by atoms with E-state index in [1.807, 2.05) is 26.8 Å². The minimum Gasteiger partial charge on any atom is -0.307 e. The zero-order valence-corrected chi connectivity index (χ0v) is 13.7. The van der Waals surface area contributed by atoms with Crippen molar-refractivity contribution >= 4 is 27.2 Å². The number of hydrazine groups is 1. The molecule has 2 rings (SSSR count). The molecule has 2 heterocycles. The van der Waals surface area contributed by atoms with Crippen LogP contribution in [0.3, 0.4) is 0 Å². The van der Waals surface area contributed by atoms with Gasteiger partial charge in [0.1, 0.15) is 4.90 Å². The summed E-state index contributed by atoms with van der Waals surface area (Å²) in [6.45, 7) is 5.80. The number of aromatic nitrogens is 1. The van der Waals surface area contributed by atoms with Crippen molar-refractivity contribution in [3.63, 3.8) is 0 Å². The molecule has 6 nitrogen and oxygen atoms in total. The molecule has 21 heavy (non-hydrogen) atoms. The monoisotopic (exact) mass is 326 g/mol. The highest BCUT2D eigenvalue weighted by atomic mass is 32.2. The van der Waals surface area contributed by atoms with Gasteiger partial charge in [0.15, 0.2) is 5.82 Å². The summed E-state index contributed by atoms with van der Waals surface area (Å²) in [7, 11) is -3.71. The Kier molecular flexibility index (Phi) is 4.62. The van der Waals surface area contributed by atoms with Crippen LogP contribution in [-0.4, -0.2) is 13.4 Å². The van der Waals surface area contributed by atoms with Gasteiger partial charge in [-0.05, 0) is 44.5 Å². The van der Waals surface area contributed by atoms with Gasteiger partial charge in [-0.25, -0.2) is 24.0 Å². The van der Waals surface area contributed by atoms with Gasteiger partial charge in [-0.2, -0.15) is 0 Å². The SMILES string of the molecule is Cc1cc(C(C)NS(=O)(=O)c2cccnc2NN)c(C)s1. The smallest absolute Gasteiger partial charge is 0.244 e. The first kappa shape index (κ1) is 15.9. The quantitative estimate of drug-likeness (QED) is 0.577. The molecule has 2 aromatic heterocycles. The molecule has 0 aromatic carbocycles. The largest absolute Gasteiger partial charge is 0.307 e. The van der Waals surface area contributed by atoms with Gasteiger partial charge in [-0.15, -0.1) is 11.3 Å². The lowest BCUT2D eigenvalue weighted by Gasteiger charge is -2.15. The van der Waals surface area contributed by atoms with Crippen LogP contribution in [0.25, 0.3) is 0 Å². The van der Waals surface area contributed by atoms with Gasteiger partial charge < -0.3 is 5.43 Å². The summed E-state index contributed by atoms with van der Waals surface area (Å²) >= 11 is 1.65. The summed E-state index contributed by atoms with van der Waals surface area (Å²) in [5.41, 5.74) is 3.28. The molecule has 0 radical (unpaired) electrons. The van der Waals surface area contributed by atoms with E-state index >= 15 is 0 Å². The number of nitrogens with one attached hydrogen (secondary N) is 2. The zero-order valence-electron chi connectivity index (χ0n) is 12.0. The van der Waals surface area contributed by atoms with E-state index in [4.69, 9.17) is 5.84 Å². The fraction of sp³-hybridized carbons (Fsp3) is 0.308. The standard InChI is InChI=1S/C13H18N4O2S2/c1-8-7-11(10(3)20-8)9(2)17-21(18,19)12-5-4-6-15-13(12)16-14/h4-7,9,17H,14H2,1-3H3,(H,15,16). The number of pyridine rings is 1. The van der Waals surface area contributed by atoms with Gasteiger partial charge in [-0.3, -0.25) is 0 Å². The fourth-order valence-corrected chi connectivity index (χ4v) is 4.52. The van der Waals surface area contributed by atoms with Crippen LogP contribution < -0.4 is 16.0 Å². The molecular weight excluding hydrogens is 308 g/mol. The van der Waals surface area contributed by atoms with Crippen molar-refractivity contribution in [3.8, 4) is 0 Å². The lowest BCUT2D eigenvalue weighted by molar-refractivity contribution is 0.566. The number of sulfonamides is 1. The molecule has 0 fully saturated rings. The Hall–Kier alpha value is -1.48. The average Bonchev–Trinajstić information content (AvgIpc) is 2.77. The fourth-order valence-electron chi connectivity index (χ4n) is 2.16. The Morgan fingerprint density at radius 3 is 2.67 bits per heavy atom. The molecule has 0 saturated carbocycles. The third kappa shape index (κ3) is 3.41. The van der Waals surface area contributed by atoms with Crippen LogP contribution in [0.2, 0.25) is 0 Å². The highest BCUT2D eigenvalue weighted by molar-refractivity contribution is 7.89. The summed E-state index contributed by atoms with van der Waals surface area (Å²) in [5.74, 6) is 5.43. The van der Waals surface area contributed by atoms with Gasteiger partial charge >= 0.3 is 0 Å². The minimum atomic E-state index is -3.71. The van der Waals surface area contributed by atoms with Crippen molar-refractivity contribution in [1.82, 2.24) is 9.71 Å². The first-order valence-electron chi connectivity index (χ1n) is 6.36. The third-order valence-corrected chi connectivity index (χ3v) is 5.63. The number of thiophene rings is 1. The number of aryl methyl sites for hydroxylation is 2. The molecule has 0 aliphatic carbocycles. The molecule has 0 bridgehead atoms. The second kappa shape index (κ2) is 6.10. The molecule has 4 N–H and O–H groups in total. The molecule has 0 amide bonds. The summed E-state index contributed by atoms with van der Waals surface area (Å²) in [5, 5.41) is 0. The Balaban J connectivity index is 2.31. The van der Waals surface area contributed by atoms with Crippen molar-refractivity contribution in [3.05, 3.63) is 39.7 Å². The van der Waals surface area contributed by atoms with E-state index in [0.717, 1.165) is 15.3 Å². The van der Waals surface area contributed by atoms with Crippen molar-refractivity contribution < 1.29 is 8.42 Å². The van der Waals surface area contributed by atoms with Crippen LogP contribution in [-0.2, 0) is 10.0 Å². The van der Waals surface area contributed by atoms with Crippen molar-refractivity contribution in [2.75, 3.05) is 5.43 Å². The summed E-state index contributed by atoms with van der Waals surface area (Å²) in [6, 6.07) is 4.69. The molecule has 0 aliphatic rings. The van der Waals surface area contributed by atoms with Crippen molar-refractivity contribution in [2.24, 2.45) is 5.84 Å². The van der Waals surface area contributed by atoms with E-state index in [1.54, 1.807) is 17.4 Å². The summed E-state index contributed by atoms with van der Waals surface area (Å²) in [6.07, 6.45) is 1.48. The van der Waals surface area contributed by atoms with E-state index in [-0.39, 0.29) is 16.8 Å². The number of rotatable bonds is 5. The first-order valence-corrected chi connectivity index (χ1v) is 8.66. The van der Waals surface area contributed by atoms with E-state index < -0.39 is 10.0 Å². The van der Waals surface area contributed by atoms with E-state index in [2.05, 4.69) is 15.1 Å². The van der Waals surface area contributed by atoms with Crippen LogP contribution >= 0.6 is 11.3 Å². The van der Waals surface area contributed by atoms with Crippen LogP contribution in [0.1, 0.15) is 28.3 Å². The van der Waals surface area contributed by atoms with Gasteiger partial charge in [0.2, 0.25) is 10.0 Å². The minimum absolute atomic E-state index is 0.0314. The maximum atomic E-state index is 12.5. The Morgan fingerprint density at radius 1 is 1.38 bits per heavy atom. The first-order chi connectivity index (χ1) is 9.85. The summed E-state index contributed by atoms with van der Waals surface area (Å²) < 4.78 is 27.6. The Bertz CT molecular complexity index is 740. The number of nitrogens with two attached hydrogens (primary N) is 1. The molecule has 1 unspecified atom stereocenters. The number of nitrogen functional groups attached to an aromatic ring is 1. The van der Waals surface area contributed by atoms with Crippen molar-refractivity contribution in [1.29, 1.82) is 0 Å². The average molecular weight is 326 g/mol. The highest BCUT2D eigenvalue weighted by Crippen LogP contribution is 2.28. The Labute approximate surface area is 128 Å². The number of nitrogens with zero attached hydrogens (tertiary/aromatic N) is 1. The number of anilines is 1. The van der Waals surface area contributed by atoms with Crippen molar-refractivity contribution in [2.45, 2.75) is 31.7 Å². The second-order valence-corrected chi connectivity index (χ2v) is 7.85. The van der Waals surface area contributed by atoms with E-state index in [0.29, 0.717) is 0 Å². The molecule has 0 saturated heterocycles. The van der Waals surface area contributed by atoms with E-state index in [9.17, 15) is 8.42 Å². The topological polar surface area (TPSA) is 97.1 Å². The van der Waals surface area contributed by atoms with Gasteiger partial charge in [0.25, 0.3) is 0 Å². The molecule has 0 aliphatic heterocycles. The zero-order chi connectivity index (χ0) is 15.6.